The van der Waals surface area contributed by atoms with Crippen LogP contribution < -0.4 is 10.2 Å². The maximum absolute atomic E-state index is 12.7. The second-order valence-corrected chi connectivity index (χ2v) is 8.18. The summed E-state index contributed by atoms with van der Waals surface area (Å²) in [6.45, 7) is 7.61. The predicted octanol–water partition coefficient (Wildman–Crippen LogP) is 4.52. The maximum Gasteiger partial charge on any atom is 0.341 e. The van der Waals surface area contributed by atoms with Gasteiger partial charge in [0.2, 0.25) is 0 Å². The number of H-pyrrole nitrogens is 1. The molecule has 0 unspecified atom stereocenters. The summed E-state index contributed by atoms with van der Waals surface area (Å²) in [5, 5.41) is 5.01. The number of carbonyl (C=O) groups is 2. The Hall–Kier alpha value is -2.71. The van der Waals surface area contributed by atoms with Crippen LogP contribution in [0, 0.1) is 20.8 Å². The minimum absolute atomic E-state index is 0.229. The topological polar surface area (TPSA) is 88.3 Å². The summed E-state index contributed by atoms with van der Waals surface area (Å²) < 4.78 is 5.23. The normalized spacial score (nSPS) is 10.7. The average molecular weight is 417 g/mol. The fourth-order valence-corrected chi connectivity index (χ4v) is 4.63. The maximum atomic E-state index is 12.7. The molecule has 6 nitrogen and oxygen atoms in total. The minimum Gasteiger partial charge on any atom is -0.462 e. The number of aromatic amines is 1. The first kappa shape index (κ1) is 20.0. The number of hydrogen-bond acceptors (Lipinski definition) is 6. The quantitative estimate of drug-likeness (QED) is 0.599. The van der Waals surface area contributed by atoms with Gasteiger partial charge in [-0.2, -0.15) is 0 Å². The van der Waals surface area contributed by atoms with Crippen LogP contribution in [0.15, 0.2) is 28.4 Å². The summed E-state index contributed by atoms with van der Waals surface area (Å²) in [5.41, 5.74) is 4.61. The lowest BCUT2D eigenvalue weighted by Gasteiger charge is -2.10. The van der Waals surface area contributed by atoms with Gasteiger partial charge in [-0.1, -0.05) is 35.1 Å². The zero-order chi connectivity index (χ0) is 20.4. The molecule has 3 aromatic rings. The number of hydrogen-bond donors (Lipinski definition) is 2. The summed E-state index contributed by atoms with van der Waals surface area (Å²) in [6, 6.07) is 5.98. The minimum atomic E-state index is -0.493. The molecule has 0 aliphatic carbocycles. The largest absolute Gasteiger partial charge is 0.462 e. The highest BCUT2D eigenvalue weighted by Crippen LogP contribution is 2.38. The smallest absolute Gasteiger partial charge is 0.341 e. The molecule has 2 N–H and O–H groups in total. The van der Waals surface area contributed by atoms with E-state index >= 15 is 0 Å². The van der Waals surface area contributed by atoms with Gasteiger partial charge < -0.3 is 15.0 Å². The number of rotatable bonds is 5. The Bertz CT molecular complexity index is 1110. The molecule has 8 heteroatoms. The molecule has 3 rings (SSSR count). The summed E-state index contributed by atoms with van der Waals surface area (Å²) in [7, 11) is 0. The number of aromatic nitrogens is 1. The van der Waals surface area contributed by atoms with E-state index in [2.05, 4.69) is 10.3 Å². The molecule has 0 fully saturated rings. The molecule has 2 heterocycles. The summed E-state index contributed by atoms with van der Waals surface area (Å²) in [5.74, 6) is -0.923. The van der Waals surface area contributed by atoms with E-state index in [-0.39, 0.29) is 11.5 Å². The molecule has 28 heavy (non-hydrogen) atoms. The number of aryl methyl sites for hydroxylation is 3. The van der Waals surface area contributed by atoms with E-state index in [0.29, 0.717) is 21.1 Å². The van der Waals surface area contributed by atoms with Gasteiger partial charge in [0.05, 0.1) is 6.61 Å². The van der Waals surface area contributed by atoms with Crippen molar-refractivity contribution in [3.8, 4) is 11.1 Å². The lowest BCUT2D eigenvalue weighted by Crippen LogP contribution is -2.14. The molecule has 0 bridgehead atoms. The zero-order valence-corrected chi connectivity index (χ0v) is 17.6. The molecule has 1 amide bonds. The van der Waals surface area contributed by atoms with Crippen LogP contribution >= 0.6 is 22.7 Å². The van der Waals surface area contributed by atoms with Crippen LogP contribution in [0.3, 0.4) is 0 Å². The summed E-state index contributed by atoms with van der Waals surface area (Å²) in [4.78, 5) is 39.4. The third-order valence-electron chi connectivity index (χ3n) is 4.20. The Morgan fingerprint density at radius 3 is 2.54 bits per heavy atom. The molecule has 146 valence electrons. The second kappa shape index (κ2) is 8.12. The van der Waals surface area contributed by atoms with Crippen molar-refractivity contribution in [2.75, 3.05) is 11.9 Å². The third-order valence-corrected chi connectivity index (χ3v) is 6.08. The van der Waals surface area contributed by atoms with Crippen molar-refractivity contribution in [1.82, 2.24) is 4.98 Å². The molecular weight excluding hydrogens is 396 g/mol. The number of anilines is 1. The first-order valence-corrected chi connectivity index (χ1v) is 10.4. The van der Waals surface area contributed by atoms with Crippen LogP contribution in [0.1, 0.15) is 43.8 Å². The molecule has 0 atom stereocenters. The Morgan fingerprint density at radius 1 is 1.18 bits per heavy atom. The van der Waals surface area contributed by atoms with Gasteiger partial charge in [0.1, 0.15) is 15.4 Å². The predicted molar refractivity (Wildman–Crippen MR) is 113 cm³/mol. The van der Waals surface area contributed by atoms with Crippen molar-refractivity contribution in [2.24, 2.45) is 0 Å². The van der Waals surface area contributed by atoms with E-state index in [4.69, 9.17) is 4.74 Å². The molecule has 0 saturated carbocycles. The lowest BCUT2D eigenvalue weighted by molar-refractivity contribution is 0.0529. The fraction of sp³-hybridized carbons (Fsp3) is 0.250. The number of thiophene rings is 1. The van der Waals surface area contributed by atoms with Gasteiger partial charge in [0.25, 0.3) is 5.91 Å². The molecule has 0 saturated heterocycles. The highest BCUT2D eigenvalue weighted by molar-refractivity contribution is 7.15. The Kier molecular flexibility index (Phi) is 5.81. The standard InChI is InChI=1S/C20H20N2O4S2/c1-5-26-19(24)15-14(13-7-6-10(2)8-11(13)3)9-27-18(15)22-17(23)16-12(4)21-20(25)28-16/h6-9H,5H2,1-4H3,(H,21,25)(H,22,23). The lowest BCUT2D eigenvalue weighted by atomic mass is 9.97. The fourth-order valence-electron chi connectivity index (χ4n) is 2.95. The second-order valence-electron chi connectivity index (χ2n) is 6.32. The van der Waals surface area contributed by atoms with Crippen LogP contribution in [0.25, 0.3) is 11.1 Å². The Balaban J connectivity index is 2.05. The van der Waals surface area contributed by atoms with Crippen molar-refractivity contribution in [3.05, 3.63) is 60.5 Å². The monoisotopic (exact) mass is 416 g/mol. The van der Waals surface area contributed by atoms with Crippen molar-refractivity contribution >= 4 is 39.6 Å². The highest BCUT2D eigenvalue weighted by Gasteiger charge is 2.25. The average Bonchev–Trinajstić information content (AvgIpc) is 3.18. The molecule has 2 aromatic heterocycles. The Labute approximate surface area is 170 Å². The van der Waals surface area contributed by atoms with E-state index in [1.165, 1.54) is 11.3 Å². The van der Waals surface area contributed by atoms with E-state index in [0.717, 1.165) is 33.6 Å². The molecule has 0 aliphatic rings. The highest BCUT2D eigenvalue weighted by atomic mass is 32.1. The van der Waals surface area contributed by atoms with E-state index in [9.17, 15) is 14.4 Å². The number of amides is 1. The molecule has 0 spiro atoms. The number of ether oxygens (including phenoxy) is 1. The molecule has 1 aromatic carbocycles. The SMILES string of the molecule is CCOC(=O)c1c(-c2ccc(C)cc2C)csc1NC(=O)c1sc(=O)[nH]c1C. The van der Waals surface area contributed by atoms with Gasteiger partial charge in [0.15, 0.2) is 0 Å². The van der Waals surface area contributed by atoms with Gasteiger partial charge in [-0.3, -0.25) is 9.59 Å². The van der Waals surface area contributed by atoms with E-state index in [1.807, 2.05) is 37.4 Å². The number of carbonyl (C=O) groups excluding carboxylic acids is 2. The molecular formula is C20H20N2O4S2. The van der Waals surface area contributed by atoms with Crippen LogP contribution in [0.4, 0.5) is 5.00 Å². The molecule has 0 aliphatic heterocycles. The third kappa shape index (κ3) is 3.93. The van der Waals surface area contributed by atoms with Gasteiger partial charge in [0, 0.05) is 16.6 Å². The zero-order valence-electron chi connectivity index (χ0n) is 16.0. The summed E-state index contributed by atoms with van der Waals surface area (Å²) >= 11 is 2.10. The molecule has 0 radical (unpaired) electrons. The van der Waals surface area contributed by atoms with Gasteiger partial charge in [-0.05, 0) is 38.8 Å². The number of nitrogens with one attached hydrogen (secondary N) is 2. The van der Waals surface area contributed by atoms with Crippen LogP contribution in [-0.2, 0) is 4.74 Å². The Morgan fingerprint density at radius 2 is 1.93 bits per heavy atom. The van der Waals surface area contributed by atoms with Crippen LogP contribution in [0.5, 0.6) is 0 Å². The number of esters is 1. The van der Waals surface area contributed by atoms with Crippen LogP contribution in [-0.4, -0.2) is 23.5 Å². The van der Waals surface area contributed by atoms with Crippen molar-refractivity contribution < 1.29 is 14.3 Å². The van der Waals surface area contributed by atoms with E-state index in [1.54, 1.807) is 13.8 Å². The van der Waals surface area contributed by atoms with E-state index < -0.39 is 11.9 Å². The van der Waals surface area contributed by atoms with Crippen LogP contribution in [0.2, 0.25) is 0 Å². The number of thiazole rings is 1. The van der Waals surface area contributed by atoms with Crippen molar-refractivity contribution in [1.29, 1.82) is 0 Å². The van der Waals surface area contributed by atoms with Crippen molar-refractivity contribution in [3.63, 3.8) is 0 Å². The van der Waals surface area contributed by atoms with Gasteiger partial charge >= 0.3 is 10.8 Å². The van der Waals surface area contributed by atoms with Crippen molar-refractivity contribution in [2.45, 2.75) is 27.7 Å². The van der Waals surface area contributed by atoms with Gasteiger partial charge in [-0.25, -0.2) is 4.79 Å². The number of benzene rings is 1. The first-order chi connectivity index (χ1) is 13.3. The van der Waals surface area contributed by atoms with Gasteiger partial charge in [-0.15, -0.1) is 11.3 Å². The first-order valence-electron chi connectivity index (χ1n) is 8.69. The summed E-state index contributed by atoms with van der Waals surface area (Å²) in [6.07, 6.45) is 0.